The molecule has 1 saturated heterocycles. The van der Waals surface area contributed by atoms with Crippen LogP contribution in [0.25, 0.3) is 16.9 Å². The number of imidazole rings is 1. The van der Waals surface area contributed by atoms with Gasteiger partial charge in [-0.1, -0.05) is 29.8 Å². The molecule has 1 aromatic carbocycles. The van der Waals surface area contributed by atoms with E-state index in [0.717, 1.165) is 24.8 Å². The molecule has 0 radical (unpaired) electrons. The molecule has 156 valence electrons. The second-order valence-corrected chi connectivity index (χ2v) is 7.85. The van der Waals surface area contributed by atoms with Crippen LogP contribution in [-0.4, -0.2) is 49.1 Å². The van der Waals surface area contributed by atoms with Gasteiger partial charge in [-0.2, -0.15) is 0 Å². The number of halogens is 1. The number of nitrogens with zero attached hydrogens (tertiary/aromatic N) is 4. The molecule has 3 heterocycles. The number of carbonyl (C=O) groups excluding carboxylic acids is 1. The average molecular weight is 427 g/mol. The molecule has 4 rings (SSSR count). The number of fused-ring (bicyclic) bond motifs is 1. The van der Waals surface area contributed by atoms with E-state index in [1.54, 1.807) is 44.5 Å². The third-order valence-corrected chi connectivity index (χ3v) is 5.71. The summed E-state index contributed by atoms with van der Waals surface area (Å²) in [5.74, 6) is -0.267. The second kappa shape index (κ2) is 8.45. The number of aliphatic hydroxyl groups is 1. The number of amides is 1. The molecule has 8 heteroatoms. The Balaban J connectivity index is 1.83. The van der Waals surface area contributed by atoms with Gasteiger partial charge >= 0.3 is 0 Å². The lowest BCUT2D eigenvalue weighted by molar-refractivity contribution is 0.0498. The molecule has 7 nitrogen and oxygen atoms in total. The van der Waals surface area contributed by atoms with Crippen molar-refractivity contribution in [2.75, 3.05) is 13.2 Å². The molecule has 1 N–H and O–H groups in total. The van der Waals surface area contributed by atoms with Crippen molar-refractivity contribution in [1.82, 2.24) is 18.9 Å². The summed E-state index contributed by atoms with van der Waals surface area (Å²) in [6, 6.07) is 7.03. The zero-order chi connectivity index (χ0) is 21.3. The van der Waals surface area contributed by atoms with E-state index in [2.05, 4.69) is 11.6 Å². The molecule has 0 aliphatic carbocycles. The Morgan fingerprint density at radius 3 is 2.90 bits per heavy atom. The van der Waals surface area contributed by atoms with Crippen molar-refractivity contribution in [2.24, 2.45) is 0 Å². The molecule has 1 fully saturated rings. The fraction of sp³-hybridized carbons (Fsp3) is 0.318. The molecule has 1 atom stereocenters. The topological polar surface area (TPSA) is 79.8 Å². The Labute approximate surface area is 178 Å². The fourth-order valence-electron chi connectivity index (χ4n) is 3.98. The van der Waals surface area contributed by atoms with Gasteiger partial charge in [-0.05, 0) is 31.4 Å². The number of hydrogen-bond acceptors (Lipinski definition) is 4. The van der Waals surface area contributed by atoms with Gasteiger partial charge < -0.3 is 10.0 Å². The SMILES string of the molecule is C=CCn1c(-c2cccc(Cl)c2)cn2cc(C(=O)N3CCCC[C@H]3CO)nc2c1=O. The molecule has 3 aromatic rings. The third kappa shape index (κ3) is 3.66. The molecule has 0 bridgehead atoms. The van der Waals surface area contributed by atoms with Crippen molar-refractivity contribution in [3.63, 3.8) is 0 Å². The maximum atomic E-state index is 13.2. The van der Waals surface area contributed by atoms with Gasteiger partial charge in [-0.25, -0.2) is 4.98 Å². The maximum Gasteiger partial charge on any atom is 0.295 e. The van der Waals surface area contributed by atoms with E-state index in [1.807, 2.05) is 12.1 Å². The first-order chi connectivity index (χ1) is 14.5. The minimum atomic E-state index is -0.316. The highest BCUT2D eigenvalue weighted by atomic mass is 35.5. The van der Waals surface area contributed by atoms with Crippen LogP contribution >= 0.6 is 11.6 Å². The van der Waals surface area contributed by atoms with E-state index in [0.29, 0.717) is 23.8 Å². The number of hydrogen-bond donors (Lipinski definition) is 1. The summed E-state index contributed by atoms with van der Waals surface area (Å²) < 4.78 is 3.15. The molecular formula is C22H23ClN4O3. The summed E-state index contributed by atoms with van der Waals surface area (Å²) in [5.41, 5.74) is 1.48. The van der Waals surface area contributed by atoms with Gasteiger partial charge in [-0.15, -0.1) is 6.58 Å². The summed E-state index contributed by atoms with van der Waals surface area (Å²) in [7, 11) is 0. The van der Waals surface area contributed by atoms with Gasteiger partial charge in [0.05, 0.1) is 18.3 Å². The standard InChI is InChI=1S/C22H23ClN4O3/c1-2-9-27-19(15-6-5-7-16(23)11-15)13-25-12-18(24-20(25)22(27)30)21(29)26-10-4-3-8-17(26)14-28/h2,5-7,11-13,17,28H,1,3-4,8-10,14H2/t17-/m0/s1. The van der Waals surface area contributed by atoms with E-state index in [1.165, 1.54) is 0 Å². The van der Waals surface area contributed by atoms with Crippen LogP contribution in [0.1, 0.15) is 29.8 Å². The van der Waals surface area contributed by atoms with Gasteiger partial charge in [0.25, 0.3) is 11.5 Å². The normalized spacial score (nSPS) is 16.7. The van der Waals surface area contributed by atoms with Crippen molar-refractivity contribution < 1.29 is 9.90 Å². The smallest absolute Gasteiger partial charge is 0.295 e. The van der Waals surface area contributed by atoms with Gasteiger partial charge in [0.1, 0.15) is 5.69 Å². The van der Waals surface area contributed by atoms with Crippen molar-refractivity contribution in [3.8, 4) is 11.3 Å². The van der Waals surface area contributed by atoms with E-state index < -0.39 is 0 Å². The minimum Gasteiger partial charge on any atom is -0.394 e. The summed E-state index contributed by atoms with van der Waals surface area (Å²) in [4.78, 5) is 32.2. The lowest BCUT2D eigenvalue weighted by atomic mass is 10.0. The maximum absolute atomic E-state index is 13.2. The number of piperidine rings is 1. The van der Waals surface area contributed by atoms with Gasteiger partial charge in [0.15, 0.2) is 0 Å². The first-order valence-electron chi connectivity index (χ1n) is 9.94. The van der Waals surface area contributed by atoms with Gasteiger partial charge in [0.2, 0.25) is 5.65 Å². The van der Waals surface area contributed by atoms with Crippen LogP contribution in [0.15, 0.2) is 54.1 Å². The largest absolute Gasteiger partial charge is 0.394 e. The fourth-order valence-corrected chi connectivity index (χ4v) is 4.17. The molecule has 0 saturated carbocycles. The van der Waals surface area contributed by atoms with Gasteiger partial charge in [-0.3, -0.25) is 18.6 Å². The Morgan fingerprint density at radius 1 is 1.33 bits per heavy atom. The monoisotopic (exact) mass is 426 g/mol. The molecule has 0 spiro atoms. The molecule has 30 heavy (non-hydrogen) atoms. The van der Waals surface area contributed by atoms with Crippen molar-refractivity contribution in [2.45, 2.75) is 31.8 Å². The Bertz CT molecular complexity index is 1170. The summed E-state index contributed by atoms with van der Waals surface area (Å²) in [6.07, 6.45) is 7.63. The van der Waals surface area contributed by atoms with E-state index in [4.69, 9.17) is 11.6 Å². The molecule has 0 unspecified atom stereocenters. The molecule has 1 aliphatic rings. The zero-order valence-electron chi connectivity index (χ0n) is 16.5. The van der Waals surface area contributed by atoms with Crippen molar-refractivity contribution in [1.29, 1.82) is 0 Å². The van der Waals surface area contributed by atoms with Crippen molar-refractivity contribution >= 4 is 23.2 Å². The quantitative estimate of drug-likeness (QED) is 0.636. The number of allylic oxidation sites excluding steroid dienone is 1. The Kier molecular flexibility index (Phi) is 5.74. The second-order valence-electron chi connectivity index (χ2n) is 7.42. The number of aromatic nitrogens is 3. The average Bonchev–Trinajstić information content (AvgIpc) is 3.19. The lowest BCUT2D eigenvalue weighted by Crippen LogP contribution is -2.45. The predicted octanol–water partition coefficient (Wildman–Crippen LogP) is 2.99. The summed E-state index contributed by atoms with van der Waals surface area (Å²) in [6.45, 7) is 4.54. The Hall–Kier alpha value is -2.90. The van der Waals surface area contributed by atoms with Crippen LogP contribution < -0.4 is 5.56 Å². The zero-order valence-corrected chi connectivity index (χ0v) is 17.3. The van der Waals surface area contributed by atoms with Crippen LogP contribution in [0.3, 0.4) is 0 Å². The first-order valence-corrected chi connectivity index (χ1v) is 10.3. The van der Waals surface area contributed by atoms with Crippen molar-refractivity contribution in [3.05, 3.63) is 70.4 Å². The van der Waals surface area contributed by atoms with Crippen LogP contribution in [0.2, 0.25) is 5.02 Å². The predicted molar refractivity (Wildman–Crippen MR) is 116 cm³/mol. The minimum absolute atomic E-state index is 0.0792. The van der Waals surface area contributed by atoms with Crippen LogP contribution in [0, 0.1) is 0 Å². The van der Waals surface area contributed by atoms with E-state index in [-0.39, 0.29) is 35.5 Å². The highest BCUT2D eigenvalue weighted by molar-refractivity contribution is 6.30. The number of likely N-dealkylation sites (tertiary alicyclic amines) is 1. The molecule has 1 aliphatic heterocycles. The van der Waals surface area contributed by atoms with Gasteiger partial charge in [0, 0.05) is 36.1 Å². The number of carbonyl (C=O) groups is 1. The highest BCUT2D eigenvalue weighted by Crippen LogP contribution is 2.23. The summed E-state index contributed by atoms with van der Waals surface area (Å²) >= 11 is 6.14. The van der Waals surface area contributed by atoms with E-state index in [9.17, 15) is 14.7 Å². The van der Waals surface area contributed by atoms with Crippen LogP contribution in [0.4, 0.5) is 0 Å². The third-order valence-electron chi connectivity index (χ3n) is 5.47. The molecular weight excluding hydrogens is 404 g/mol. The highest BCUT2D eigenvalue weighted by Gasteiger charge is 2.29. The molecule has 2 aromatic heterocycles. The van der Waals surface area contributed by atoms with E-state index >= 15 is 0 Å². The number of rotatable bonds is 5. The molecule has 1 amide bonds. The number of benzene rings is 1. The Morgan fingerprint density at radius 2 is 2.17 bits per heavy atom. The lowest BCUT2D eigenvalue weighted by Gasteiger charge is -2.34. The van der Waals surface area contributed by atoms with Crippen LogP contribution in [-0.2, 0) is 6.54 Å². The first kappa shape index (κ1) is 20.4. The van der Waals surface area contributed by atoms with Crippen LogP contribution in [0.5, 0.6) is 0 Å². The summed E-state index contributed by atoms with van der Waals surface area (Å²) in [5, 5.41) is 10.2. The number of aliphatic hydroxyl groups excluding tert-OH is 1.